The molecule has 0 radical (unpaired) electrons. The van der Waals surface area contributed by atoms with Crippen molar-refractivity contribution in [3.8, 4) is 0 Å². The van der Waals surface area contributed by atoms with Gasteiger partial charge >= 0.3 is 5.97 Å². The number of H-pyrrole nitrogens is 1. The molecule has 1 aromatic heterocycles. The van der Waals surface area contributed by atoms with Crippen LogP contribution >= 0.6 is 0 Å². The lowest BCUT2D eigenvalue weighted by molar-refractivity contribution is -0.151. The monoisotopic (exact) mass is 458 g/mol. The molecule has 2 atom stereocenters. The fraction of sp³-hybridized carbons (Fsp3) is 0.407. The van der Waals surface area contributed by atoms with Crippen LogP contribution in [0.5, 0.6) is 0 Å². The molecule has 0 spiro atoms. The summed E-state index contributed by atoms with van der Waals surface area (Å²) in [6, 6.07) is 16.7. The van der Waals surface area contributed by atoms with Gasteiger partial charge in [0.05, 0.1) is 6.42 Å². The molecule has 176 valence electrons. The van der Waals surface area contributed by atoms with Crippen LogP contribution < -0.4 is 9.80 Å². The number of cyclic esters (lactones) is 1. The summed E-state index contributed by atoms with van der Waals surface area (Å²) in [7, 11) is 0. The predicted molar refractivity (Wildman–Crippen MR) is 132 cm³/mol. The molecule has 0 bridgehead atoms. The maximum absolute atomic E-state index is 13.1. The molecule has 4 heterocycles. The van der Waals surface area contributed by atoms with Gasteiger partial charge in [0, 0.05) is 73.2 Å². The van der Waals surface area contributed by atoms with Crippen LogP contribution in [0.4, 0.5) is 11.4 Å². The number of rotatable bonds is 3. The van der Waals surface area contributed by atoms with Crippen molar-refractivity contribution in [2.75, 3.05) is 49.1 Å². The second-order valence-electron chi connectivity index (χ2n) is 9.63. The number of nitrogens with one attached hydrogen (secondary N) is 1. The molecule has 1 amide bonds. The van der Waals surface area contributed by atoms with Gasteiger partial charge in [-0.2, -0.15) is 0 Å². The van der Waals surface area contributed by atoms with Crippen LogP contribution in [0.2, 0.25) is 0 Å². The molecule has 2 aromatic carbocycles. The minimum absolute atomic E-state index is 0.0295. The van der Waals surface area contributed by atoms with Gasteiger partial charge in [-0.3, -0.25) is 14.5 Å². The smallest absolute Gasteiger partial charge is 0.306 e. The molecule has 3 aliphatic heterocycles. The van der Waals surface area contributed by atoms with Gasteiger partial charge in [0.2, 0.25) is 0 Å². The highest BCUT2D eigenvalue weighted by Crippen LogP contribution is 2.36. The highest BCUT2D eigenvalue weighted by molar-refractivity contribution is 5.97. The maximum atomic E-state index is 13.1. The summed E-state index contributed by atoms with van der Waals surface area (Å²) in [5.41, 5.74) is 4.62. The first kappa shape index (κ1) is 21.2. The average molecular weight is 459 g/mol. The van der Waals surface area contributed by atoms with E-state index in [0.717, 1.165) is 56.8 Å². The lowest BCUT2D eigenvalue weighted by atomic mass is 9.84. The van der Waals surface area contributed by atoms with Crippen LogP contribution in [0, 0.1) is 5.92 Å². The summed E-state index contributed by atoms with van der Waals surface area (Å²) in [5, 5.41) is 1.26. The number of carbonyl (C=O) groups is 2. The molecule has 2 unspecified atom stereocenters. The normalized spacial score (nSPS) is 23.8. The molecular formula is C27H30N4O3. The van der Waals surface area contributed by atoms with Crippen LogP contribution in [0.25, 0.3) is 10.9 Å². The minimum Gasteiger partial charge on any atom is -0.456 e. The number of aromatic amines is 1. The number of piperazine rings is 1. The molecule has 7 nitrogen and oxygen atoms in total. The molecule has 3 aromatic rings. The van der Waals surface area contributed by atoms with Crippen molar-refractivity contribution in [1.29, 1.82) is 0 Å². The number of carbonyl (C=O) groups excluding carboxylic acids is 2. The Labute approximate surface area is 199 Å². The van der Waals surface area contributed by atoms with E-state index in [0.29, 0.717) is 6.42 Å². The van der Waals surface area contributed by atoms with Crippen LogP contribution in [-0.4, -0.2) is 67.1 Å². The fourth-order valence-corrected chi connectivity index (χ4v) is 5.99. The lowest BCUT2D eigenvalue weighted by Gasteiger charge is -2.45. The second kappa shape index (κ2) is 8.80. The molecule has 0 saturated carbocycles. The van der Waals surface area contributed by atoms with Gasteiger partial charge in [-0.1, -0.05) is 24.3 Å². The molecule has 6 rings (SSSR count). The van der Waals surface area contributed by atoms with Crippen molar-refractivity contribution in [2.45, 2.75) is 25.3 Å². The van der Waals surface area contributed by atoms with Crippen molar-refractivity contribution in [1.82, 2.24) is 9.88 Å². The van der Waals surface area contributed by atoms with Gasteiger partial charge in [0.1, 0.15) is 0 Å². The zero-order valence-corrected chi connectivity index (χ0v) is 19.3. The summed E-state index contributed by atoms with van der Waals surface area (Å²) in [4.78, 5) is 35.7. The molecule has 2 fully saturated rings. The standard InChI is InChI=1S/C27H30N4O3/c32-26-18-34-27(33)16-20(24-9-8-19-4-1-2-6-23(19)31(24)26)17-29-12-14-30(15-13-29)25-7-3-5-22-21(25)10-11-28-22/h1-7,10-11,20,24,28H,8-9,12-18H2. The van der Waals surface area contributed by atoms with E-state index >= 15 is 0 Å². The zero-order valence-electron chi connectivity index (χ0n) is 19.3. The quantitative estimate of drug-likeness (QED) is 0.611. The molecule has 2 saturated heterocycles. The Morgan fingerprint density at radius 2 is 1.76 bits per heavy atom. The number of benzene rings is 2. The Kier molecular flexibility index (Phi) is 5.49. The third kappa shape index (κ3) is 3.84. The second-order valence-corrected chi connectivity index (χ2v) is 9.63. The Balaban J connectivity index is 1.19. The molecule has 0 aliphatic carbocycles. The number of amides is 1. The fourth-order valence-electron chi connectivity index (χ4n) is 5.99. The highest BCUT2D eigenvalue weighted by atomic mass is 16.5. The SMILES string of the molecule is O=C1CC(CN2CCN(c3cccc4[nH]ccc34)CC2)C2CCc3ccccc3N2C(=O)CO1. The van der Waals surface area contributed by atoms with E-state index in [1.165, 1.54) is 16.6 Å². The van der Waals surface area contributed by atoms with Crippen LogP contribution in [0.1, 0.15) is 18.4 Å². The number of fused-ring (bicyclic) bond motifs is 4. The van der Waals surface area contributed by atoms with Crippen molar-refractivity contribution in [3.63, 3.8) is 0 Å². The summed E-state index contributed by atoms with van der Waals surface area (Å²) in [5.74, 6) is -0.306. The first-order chi connectivity index (χ1) is 16.7. The Morgan fingerprint density at radius 1 is 0.941 bits per heavy atom. The third-order valence-corrected chi connectivity index (χ3v) is 7.67. The summed E-state index contributed by atoms with van der Waals surface area (Å²) < 4.78 is 5.33. The largest absolute Gasteiger partial charge is 0.456 e. The molecule has 7 heteroatoms. The molecular weight excluding hydrogens is 428 g/mol. The van der Waals surface area contributed by atoms with Gasteiger partial charge in [0.25, 0.3) is 5.91 Å². The maximum Gasteiger partial charge on any atom is 0.306 e. The first-order valence-corrected chi connectivity index (χ1v) is 12.3. The Morgan fingerprint density at radius 3 is 2.65 bits per heavy atom. The van der Waals surface area contributed by atoms with E-state index in [4.69, 9.17) is 4.74 Å². The van der Waals surface area contributed by atoms with Gasteiger partial charge in [-0.25, -0.2) is 0 Å². The predicted octanol–water partition coefficient (Wildman–Crippen LogP) is 3.20. The zero-order chi connectivity index (χ0) is 23.1. The molecule has 1 N–H and O–H groups in total. The lowest BCUT2D eigenvalue weighted by Crippen LogP contribution is -2.55. The Bertz CT molecular complexity index is 1210. The van der Waals surface area contributed by atoms with E-state index in [1.54, 1.807) is 0 Å². The highest BCUT2D eigenvalue weighted by Gasteiger charge is 2.40. The topological polar surface area (TPSA) is 68.9 Å². The number of hydrogen-bond acceptors (Lipinski definition) is 5. The van der Waals surface area contributed by atoms with Gasteiger partial charge < -0.3 is 19.5 Å². The number of hydrogen-bond donors (Lipinski definition) is 1. The minimum atomic E-state index is -0.255. The van der Waals surface area contributed by atoms with E-state index in [2.05, 4.69) is 45.1 Å². The molecule has 34 heavy (non-hydrogen) atoms. The average Bonchev–Trinajstić information content (AvgIpc) is 3.35. The summed E-state index contributed by atoms with van der Waals surface area (Å²) in [6.45, 7) is 4.39. The van der Waals surface area contributed by atoms with Gasteiger partial charge in [-0.05, 0) is 42.7 Å². The number of anilines is 2. The third-order valence-electron chi connectivity index (χ3n) is 7.67. The molecule has 3 aliphatic rings. The van der Waals surface area contributed by atoms with Gasteiger partial charge in [-0.15, -0.1) is 0 Å². The van der Waals surface area contributed by atoms with Crippen LogP contribution in [0.3, 0.4) is 0 Å². The number of aromatic nitrogens is 1. The van der Waals surface area contributed by atoms with E-state index in [-0.39, 0.29) is 30.4 Å². The van der Waals surface area contributed by atoms with E-state index in [1.807, 2.05) is 29.3 Å². The van der Waals surface area contributed by atoms with Gasteiger partial charge in [0.15, 0.2) is 6.61 Å². The van der Waals surface area contributed by atoms with Crippen LogP contribution in [0.15, 0.2) is 54.7 Å². The number of ether oxygens (including phenoxy) is 1. The number of para-hydroxylation sites is 1. The number of nitrogens with zero attached hydrogens (tertiary/aromatic N) is 3. The summed E-state index contributed by atoms with van der Waals surface area (Å²) >= 11 is 0. The summed E-state index contributed by atoms with van der Waals surface area (Å²) in [6.07, 6.45) is 4.17. The van der Waals surface area contributed by atoms with Crippen molar-refractivity contribution < 1.29 is 14.3 Å². The number of aryl methyl sites for hydroxylation is 1. The van der Waals surface area contributed by atoms with Crippen molar-refractivity contribution in [2.24, 2.45) is 5.92 Å². The van der Waals surface area contributed by atoms with E-state index < -0.39 is 0 Å². The first-order valence-electron chi connectivity index (χ1n) is 12.3. The van der Waals surface area contributed by atoms with Crippen molar-refractivity contribution >= 4 is 34.2 Å². The number of esters is 1. The van der Waals surface area contributed by atoms with Crippen LogP contribution in [-0.2, 0) is 20.7 Å². The van der Waals surface area contributed by atoms with Crippen molar-refractivity contribution in [3.05, 3.63) is 60.3 Å². The Hall–Kier alpha value is -3.32. The van der Waals surface area contributed by atoms with E-state index in [9.17, 15) is 9.59 Å².